The number of nitrogens with zero attached hydrogens (tertiary/aromatic N) is 3. The standard InChI is InChI=1S/C20H19ClN4O5/c1-3-24(4-2)17-8-6-13(25(28)29)10-15(17)20(27)30-11-18-22-16-9-12(21)5-7-14(16)19(26)23-18/h5-10H,3-4,11H2,1-2H3,(H,22,23,26). The van der Waals surface area contributed by atoms with Crippen LogP contribution in [0.15, 0.2) is 41.2 Å². The normalized spacial score (nSPS) is 10.8. The zero-order valence-corrected chi connectivity index (χ0v) is 17.1. The minimum absolute atomic E-state index is 0.0686. The number of anilines is 1. The number of ether oxygens (including phenoxy) is 1. The number of halogens is 1. The van der Waals surface area contributed by atoms with Gasteiger partial charge in [0, 0.05) is 30.2 Å². The van der Waals surface area contributed by atoms with Crippen LogP contribution < -0.4 is 10.5 Å². The van der Waals surface area contributed by atoms with E-state index in [-0.39, 0.29) is 29.2 Å². The average Bonchev–Trinajstić information content (AvgIpc) is 2.72. The lowest BCUT2D eigenvalue weighted by Gasteiger charge is -2.23. The summed E-state index contributed by atoms with van der Waals surface area (Å²) in [5.74, 6) is -0.618. The highest BCUT2D eigenvalue weighted by Crippen LogP contribution is 2.26. The minimum Gasteiger partial charge on any atom is -0.454 e. The van der Waals surface area contributed by atoms with Crippen molar-refractivity contribution >= 4 is 39.8 Å². The molecule has 0 fully saturated rings. The second kappa shape index (κ2) is 8.91. The first-order valence-corrected chi connectivity index (χ1v) is 9.60. The van der Waals surface area contributed by atoms with Crippen molar-refractivity contribution in [3.05, 3.63) is 73.3 Å². The summed E-state index contributed by atoms with van der Waals surface area (Å²) >= 11 is 5.95. The number of nitro groups is 1. The van der Waals surface area contributed by atoms with Gasteiger partial charge in [0.05, 0.1) is 27.1 Å². The Morgan fingerprint density at radius 3 is 2.63 bits per heavy atom. The summed E-state index contributed by atoms with van der Waals surface area (Å²) in [7, 11) is 0. The van der Waals surface area contributed by atoms with Gasteiger partial charge in [-0.3, -0.25) is 14.9 Å². The van der Waals surface area contributed by atoms with Crippen molar-refractivity contribution in [2.45, 2.75) is 20.5 Å². The number of non-ortho nitro benzene ring substituents is 1. The Labute approximate surface area is 176 Å². The maximum absolute atomic E-state index is 12.7. The Kier molecular flexibility index (Phi) is 6.31. The molecule has 0 bridgehead atoms. The van der Waals surface area contributed by atoms with E-state index in [1.165, 1.54) is 24.3 Å². The molecule has 0 aliphatic carbocycles. The molecular weight excluding hydrogens is 412 g/mol. The molecule has 3 rings (SSSR count). The number of nitro benzene ring substituents is 1. The van der Waals surface area contributed by atoms with Gasteiger partial charge in [0.1, 0.15) is 12.4 Å². The van der Waals surface area contributed by atoms with Gasteiger partial charge in [-0.25, -0.2) is 9.78 Å². The Morgan fingerprint density at radius 2 is 1.97 bits per heavy atom. The van der Waals surface area contributed by atoms with E-state index in [1.807, 2.05) is 18.7 Å². The minimum atomic E-state index is -0.755. The van der Waals surface area contributed by atoms with Gasteiger partial charge in [-0.2, -0.15) is 0 Å². The maximum atomic E-state index is 12.7. The molecule has 3 aromatic rings. The third kappa shape index (κ3) is 4.41. The van der Waals surface area contributed by atoms with Crippen LogP contribution in [0.3, 0.4) is 0 Å². The Morgan fingerprint density at radius 1 is 1.23 bits per heavy atom. The van der Waals surface area contributed by atoms with E-state index < -0.39 is 10.9 Å². The first-order chi connectivity index (χ1) is 14.3. The molecule has 1 N–H and O–H groups in total. The van der Waals surface area contributed by atoms with Gasteiger partial charge < -0.3 is 14.6 Å². The molecule has 0 unspecified atom stereocenters. The Bertz CT molecular complexity index is 1170. The van der Waals surface area contributed by atoms with Gasteiger partial charge in [0.15, 0.2) is 0 Å². The van der Waals surface area contributed by atoms with Crippen LogP contribution in [0.25, 0.3) is 10.9 Å². The summed E-state index contributed by atoms with van der Waals surface area (Å²) in [5.41, 5.74) is 0.365. The van der Waals surface area contributed by atoms with Crippen LogP contribution >= 0.6 is 11.6 Å². The fraction of sp³-hybridized carbons (Fsp3) is 0.250. The van der Waals surface area contributed by atoms with Crippen LogP contribution in [-0.4, -0.2) is 34.0 Å². The highest BCUT2D eigenvalue weighted by molar-refractivity contribution is 6.31. The van der Waals surface area contributed by atoms with Gasteiger partial charge in [-0.05, 0) is 38.1 Å². The van der Waals surface area contributed by atoms with Crippen molar-refractivity contribution in [1.29, 1.82) is 0 Å². The number of nitrogens with one attached hydrogen (secondary N) is 1. The molecular formula is C20H19ClN4O5. The summed E-state index contributed by atoms with van der Waals surface area (Å²) in [4.78, 5) is 44.2. The number of benzene rings is 2. The molecule has 0 spiro atoms. The first kappa shape index (κ1) is 21.3. The molecule has 0 aliphatic heterocycles. The summed E-state index contributed by atoms with van der Waals surface area (Å²) < 4.78 is 5.31. The van der Waals surface area contributed by atoms with Gasteiger partial charge in [0.2, 0.25) is 0 Å². The van der Waals surface area contributed by atoms with Crippen LogP contribution in [0.2, 0.25) is 5.02 Å². The number of fused-ring (bicyclic) bond motifs is 1. The van der Waals surface area contributed by atoms with Crippen molar-refractivity contribution < 1.29 is 14.5 Å². The van der Waals surface area contributed by atoms with E-state index in [0.717, 1.165) is 0 Å². The van der Waals surface area contributed by atoms with Gasteiger partial charge >= 0.3 is 5.97 Å². The number of carbonyl (C=O) groups is 1. The zero-order valence-electron chi connectivity index (χ0n) is 16.3. The highest BCUT2D eigenvalue weighted by Gasteiger charge is 2.21. The van der Waals surface area contributed by atoms with Crippen molar-refractivity contribution in [2.75, 3.05) is 18.0 Å². The lowest BCUT2D eigenvalue weighted by molar-refractivity contribution is -0.384. The monoisotopic (exact) mass is 430 g/mol. The summed E-state index contributed by atoms with van der Waals surface area (Å²) in [6, 6.07) is 8.73. The van der Waals surface area contributed by atoms with Crippen LogP contribution in [0, 0.1) is 10.1 Å². The third-order valence-electron chi connectivity index (χ3n) is 4.57. The van der Waals surface area contributed by atoms with E-state index in [4.69, 9.17) is 16.3 Å². The van der Waals surface area contributed by atoms with E-state index >= 15 is 0 Å². The maximum Gasteiger partial charge on any atom is 0.340 e. The molecule has 156 valence electrons. The number of rotatable bonds is 7. The lowest BCUT2D eigenvalue weighted by Crippen LogP contribution is -2.25. The average molecular weight is 431 g/mol. The van der Waals surface area contributed by atoms with Crippen LogP contribution in [0.4, 0.5) is 11.4 Å². The quantitative estimate of drug-likeness (QED) is 0.345. The molecule has 0 radical (unpaired) electrons. The predicted molar refractivity (Wildman–Crippen MR) is 113 cm³/mol. The second-order valence-electron chi connectivity index (χ2n) is 6.38. The summed E-state index contributed by atoms with van der Waals surface area (Å²) in [6.07, 6.45) is 0. The van der Waals surface area contributed by atoms with Crippen LogP contribution in [-0.2, 0) is 11.3 Å². The van der Waals surface area contributed by atoms with E-state index in [0.29, 0.717) is 34.7 Å². The van der Waals surface area contributed by atoms with E-state index in [9.17, 15) is 19.7 Å². The number of esters is 1. The van der Waals surface area contributed by atoms with E-state index in [2.05, 4.69) is 9.97 Å². The number of H-pyrrole nitrogens is 1. The predicted octanol–water partition coefficient (Wildman–Crippen LogP) is 3.69. The SMILES string of the molecule is CCN(CC)c1ccc([N+](=O)[O-])cc1C(=O)OCc1nc2cc(Cl)ccc2c(=O)[nH]1. The van der Waals surface area contributed by atoms with Gasteiger partial charge in [0.25, 0.3) is 11.2 Å². The number of hydrogen-bond donors (Lipinski definition) is 1. The number of hydrogen-bond acceptors (Lipinski definition) is 7. The number of aromatic nitrogens is 2. The van der Waals surface area contributed by atoms with Crippen molar-refractivity contribution in [2.24, 2.45) is 0 Å². The van der Waals surface area contributed by atoms with Gasteiger partial charge in [-0.15, -0.1) is 0 Å². The molecule has 0 atom stereocenters. The molecule has 0 amide bonds. The Hall–Kier alpha value is -3.46. The number of carbonyl (C=O) groups excluding carboxylic acids is 1. The van der Waals surface area contributed by atoms with Crippen molar-refractivity contribution in [1.82, 2.24) is 9.97 Å². The smallest absolute Gasteiger partial charge is 0.340 e. The molecule has 30 heavy (non-hydrogen) atoms. The molecule has 1 heterocycles. The molecule has 0 saturated carbocycles. The molecule has 0 saturated heterocycles. The third-order valence-corrected chi connectivity index (χ3v) is 4.81. The van der Waals surface area contributed by atoms with Crippen molar-refractivity contribution in [3.8, 4) is 0 Å². The molecule has 2 aromatic carbocycles. The fourth-order valence-electron chi connectivity index (χ4n) is 3.08. The fourth-order valence-corrected chi connectivity index (χ4v) is 3.25. The van der Waals surface area contributed by atoms with Crippen LogP contribution in [0.1, 0.15) is 30.0 Å². The largest absolute Gasteiger partial charge is 0.454 e. The van der Waals surface area contributed by atoms with Crippen molar-refractivity contribution in [3.63, 3.8) is 0 Å². The summed E-state index contributed by atoms with van der Waals surface area (Å²) in [5, 5.41) is 11.9. The highest BCUT2D eigenvalue weighted by atomic mass is 35.5. The second-order valence-corrected chi connectivity index (χ2v) is 6.82. The zero-order chi connectivity index (χ0) is 21.8. The van der Waals surface area contributed by atoms with Crippen LogP contribution in [0.5, 0.6) is 0 Å². The lowest BCUT2D eigenvalue weighted by atomic mass is 10.1. The first-order valence-electron chi connectivity index (χ1n) is 9.23. The van der Waals surface area contributed by atoms with Gasteiger partial charge in [-0.1, -0.05) is 11.6 Å². The molecule has 0 aliphatic rings. The molecule has 1 aromatic heterocycles. The van der Waals surface area contributed by atoms with E-state index in [1.54, 1.807) is 12.1 Å². The number of aromatic amines is 1. The topological polar surface area (TPSA) is 118 Å². The summed E-state index contributed by atoms with van der Waals surface area (Å²) in [6.45, 7) is 4.73. The Balaban J connectivity index is 1.90. The molecule has 10 heteroatoms. The molecule has 9 nitrogen and oxygen atoms in total.